The number of benzene rings is 1. The summed E-state index contributed by atoms with van der Waals surface area (Å²) in [6.07, 6.45) is 1.75. The highest BCUT2D eigenvalue weighted by molar-refractivity contribution is 5.71. The van der Waals surface area contributed by atoms with E-state index in [4.69, 9.17) is 11.5 Å². The second-order valence-electron chi connectivity index (χ2n) is 2.54. The molecule has 0 saturated carbocycles. The predicted molar refractivity (Wildman–Crippen MR) is 50.1 cm³/mol. The molecule has 0 saturated heterocycles. The Labute approximate surface area is 66.5 Å². The van der Waals surface area contributed by atoms with E-state index in [1.54, 1.807) is 6.08 Å². The van der Waals surface area contributed by atoms with Crippen LogP contribution in [0.5, 0.6) is 0 Å². The fraction of sp³-hybridized carbons (Fsp3) is 0.111. The number of nitrogen functional groups attached to an aromatic ring is 2. The lowest BCUT2D eigenvalue weighted by Gasteiger charge is -2.04. The maximum absolute atomic E-state index is 5.65. The highest BCUT2D eigenvalue weighted by Crippen LogP contribution is 2.21. The smallest absolute Gasteiger partial charge is 0.0577 e. The summed E-state index contributed by atoms with van der Waals surface area (Å²) in [6.45, 7) is 5.58. The highest BCUT2D eigenvalue weighted by atomic mass is 14.7. The summed E-state index contributed by atoms with van der Waals surface area (Å²) in [6, 6.07) is 3.77. The van der Waals surface area contributed by atoms with E-state index in [1.807, 2.05) is 19.1 Å². The number of hydrogen-bond acceptors (Lipinski definition) is 2. The van der Waals surface area contributed by atoms with Crippen LogP contribution in [-0.2, 0) is 0 Å². The molecule has 2 nitrogen and oxygen atoms in total. The van der Waals surface area contributed by atoms with E-state index >= 15 is 0 Å². The SMILES string of the molecule is C=Cc1cc(C)c(N)c(N)c1. The number of hydrogen-bond donors (Lipinski definition) is 2. The fourth-order valence-electron chi connectivity index (χ4n) is 0.972. The summed E-state index contributed by atoms with van der Waals surface area (Å²) in [5, 5.41) is 0. The molecule has 2 heteroatoms. The summed E-state index contributed by atoms with van der Waals surface area (Å²) in [4.78, 5) is 0. The number of anilines is 2. The van der Waals surface area contributed by atoms with Crippen LogP contribution in [0.25, 0.3) is 6.08 Å². The monoisotopic (exact) mass is 148 g/mol. The molecule has 1 rings (SSSR count). The Kier molecular flexibility index (Phi) is 1.85. The third-order valence-corrected chi connectivity index (χ3v) is 1.68. The van der Waals surface area contributed by atoms with Gasteiger partial charge in [-0.25, -0.2) is 0 Å². The molecular weight excluding hydrogens is 136 g/mol. The molecule has 0 amide bonds. The third-order valence-electron chi connectivity index (χ3n) is 1.68. The van der Waals surface area contributed by atoms with Crippen LogP contribution in [0.15, 0.2) is 18.7 Å². The van der Waals surface area contributed by atoms with Crippen LogP contribution in [-0.4, -0.2) is 0 Å². The molecule has 1 aromatic rings. The Morgan fingerprint density at radius 2 is 2.00 bits per heavy atom. The molecule has 0 fully saturated rings. The average Bonchev–Trinajstić information content (AvgIpc) is 1.99. The molecule has 0 radical (unpaired) electrons. The van der Waals surface area contributed by atoms with Crippen molar-refractivity contribution in [3.05, 3.63) is 29.8 Å². The van der Waals surface area contributed by atoms with Gasteiger partial charge in [0.15, 0.2) is 0 Å². The fourth-order valence-corrected chi connectivity index (χ4v) is 0.972. The van der Waals surface area contributed by atoms with Gasteiger partial charge in [-0.1, -0.05) is 12.7 Å². The van der Waals surface area contributed by atoms with Gasteiger partial charge < -0.3 is 11.5 Å². The standard InChI is InChI=1S/C9H12N2/c1-3-7-4-6(2)9(11)8(10)5-7/h3-5H,1,10-11H2,2H3. The second kappa shape index (κ2) is 2.66. The second-order valence-corrected chi connectivity index (χ2v) is 2.54. The maximum Gasteiger partial charge on any atom is 0.0577 e. The van der Waals surface area contributed by atoms with Crippen LogP contribution in [0.3, 0.4) is 0 Å². The zero-order valence-corrected chi connectivity index (χ0v) is 6.59. The van der Waals surface area contributed by atoms with Gasteiger partial charge >= 0.3 is 0 Å². The molecule has 0 aromatic heterocycles. The van der Waals surface area contributed by atoms with Crippen LogP contribution in [0.4, 0.5) is 11.4 Å². The van der Waals surface area contributed by atoms with Crippen molar-refractivity contribution in [1.82, 2.24) is 0 Å². The van der Waals surface area contributed by atoms with Gasteiger partial charge in [0.1, 0.15) is 0 Å². The van der Waals surface area contributed by atoms with Crippen molar-refractivity contribution in [3.63, 3.8) is 0 Å². The molecule has 0 aliphatic carbocycles. The lowest BCUT2D eigenvalue weighted by Crippen LogP contribution is -1.97. The summed E-state index contributed by atoms with van der Waals surface area (Å²) < 4.78 is 0. The lowest BCUT2D eigenvalue weighted by molar-refractivity contribution is 1.46. The van der Waals surface area contributed by atoms with Gasteiger partial charge in [0.2, 0.25) is 0 Å². The van der Waals surface area contributed by atoms with Crippen molar-refractivity contribution < 1.29 is 0 Å². The molecular formula is C9H12N2. The van der Waals surface area contributed by atoms with Gasteiger partial charge in [-0.2, -0.15) is 0 Å². The summed E-state index contributed by atoms with van der Waals surface area (Å²) in [5.41, 5.74) is 14.6. The number of nitrogens with two attached hydrogens (primary N) is 2. The molecule has 0 aliphatic rings. The minimum absolute atomic E-state index is 0.625. The van der Waals surface area contributed by atoms with Gasteiger partial charge in [-0.3, -0.25) is 0 Å². The Morgan fingerprint density at radius 1 is 1.36 bits per heavy atom. The first-order valence-electron chi connectivity index (χ1n) is 3.43. The topological polar surface area (TPSA) is 52.0 Å². The van der Waals surface area contributed by atoms with Crippen LogP contribution in [0.2, 0.25) is 0 Å². The molecule has 0 spiro atoms. The maximum atomic E-state index is 5.65. The van der Waals surface area contributed by atoms with E-state index in [0.717, 1.165) is 11.1 Å². The van der Waals surface area contributed by atoms with E-state index in [-0.39, 0.29) is 0 Å². The lowest BCUT2D eigenvalue weighted by atomic mass is 10.1. The van der Waals surface area contributed by atoms with Gasteiger partial charge in [0.25, 0.3) is 0 Å². The van der Waals surface area contributed by atoms with Crippen molar-refractivity contribution in [2.24, 2.45) is 0 Å². The highest BCUT2D eigenvalue weighted by Gasteiger charge is 1.98. The van der Waals surface area contributed by atoms with Crippen LogP contribution in [0, 0.1) is 6.92 Å². The molecule has 0 unspecified atom stereocenters. The van der Waals surface area contributed by atoms with Crippen molar-refractivity contribution in [2.45, 2.75) is 6.92 Å². The molecule has 58 valence electrons. The Balaban J connectivity index is 3.31. The van der Waals surface area contributed by atoms with Crippen LogP contribution in [0.1, 0.15) is 11.1 Å². The number of aryl methyl sites for hydroxylation is 1. The molecule has 0 bridgehead atoms. The minimum Gasteiger partial charge on any atom is -0.397 e. The van der Waals surface area contributed by atoms with E-state index < -0.39 is 0 Å². The average molecular weight is 148 g/mol. The van der Waals surface area contributed by atoms with Gasteiger partial charge in [0, 0.05) is 0 Å². The Bertz CT molecular complexity index is 267. The predicted octanol–water partition coefficient (Wildman–Crippen LogP) is 1.80. The van der Waals surface area contributed by atoms with Crippen molar-refractivity contribution in [3.8, 4) is 0 Å². The van der Waals surface area contributed by atoms with E-state index in [9.17, 15) is 0 Å². The summed E-state index contributed by atoms with van der Waals surface area (Å²) in [7, 11) is 0. The zero-order valence-electron chi connectivity index (χ0n) is 6.59. The third kappa shape index (κ3) is 1.34. The zero-order chi connectivity index (χ0) is 8.43. The molecule has 0 heterocycles. The van der Waals surface area contributed by atoms with Gasteiger partial charge in [-0.05, 0) is 30.2 Å². The molecule has 4 N–H and O–H groups in total. The first kappa shape index (κ1) is 7.66. The van der Waals surface area contributed by atoms with Gasteiger partial charge in [-0.15, -0.1) is 0 Å². The van der Waals surface area contributed by atoms with E-state index in [2.05, 4.69) is 6.58 Å². The van der Waals surface area contributed by atoms with Crippen LogP contribution < -0.4 is 11.5 Å². The molecule has 1 aromatic carbocycles. The summed E-state index contributed by atoms with van der Waals surface area (Å²) >= 11 is 0. The van der Waals surface area contributed by atoms with Crippen LogP contribution >= 0.6 is 0 Å². The minimum atomic E-state index is 0.625. The first-order valence-corrected chi connectivity index (χ1v) is 3.43. The van der Waals surface area contributed by atoms with Crippen molar-refractivity contribution >= 4 is 17.5 Å². The van der Waals surface area contributed by atoms with E-state index in [0.29, 0.717) is 11.4 Å². The largest absolute Gasteiger partial charge is 0.397 e. The van der Waals surface area contributed by atoms with Gasteiger partial charge in [0.05, 0.1) is 11.4 Å². The quantitative estimate of drug-likeness (QED) is 0.597. The number of rotatable bonds is 1. The van der Waals surface area contributed by atoms with Crippen molar-refractivity contribution in [1.29, 1.82) is 0 Å². The Morgan fingerprint density at radius 3 is 2.45 bits per heavy atom. The molecule has 0 aliphatic heterocycles. The Hall–Kier alpha value is -1.44. The molecule has 0 atom stereocenters. The normalized spacial score (nSPS) is 9.55. The van der Waals surface area contributed by atoms with Crippen molar-refractivity contribution in [2.75, 3.05) is 11.5 Å². The summed E-state index contributed by atoms with van der Waals surface area (Å²) in [5.74, 6) is 0. The molecule has 11 heavy (non-hydrogen) atoms. The van der Waals surface area contributed by atoms with E-state index in [1.165, 1.54) is 0 Å². The first-order chi connectivity index (χ1) is 5.15.